The van der Waals surface area contributed by atoms with Crippen LogP contribution in [-0.4, -0.2) is 39.1 Å². The van der Waals surface area contributed by atoms with Crippen LogP contribution in [0.4, 0.5) is 0 Å². The van der Waals surface area contributed by atoms with Crippen molar-refractivity contribution >= 4 is 16.9 Å². The molecule has 7 nitrogen and oxygen atoms in total. The Bertz CT molecular complexity index is 916. The Morgan fingerprint density at radius 2 is 2.04 bits per heavy atom. The molecule has 0 saturated carbocycles. The number of carbonyl (C=O) groups is 1. The molecule has 1 fully saturated rings. The first-order valence-corrected chi connectivity index (χ1v) is 8.25. The van der Waals surface area contributed by atoms with E-state index in [1.165, 1.54) is 12.5 Å². The van der Waals surface area contributed by atoms with Crippen molar-refractivity contribution in [2.45, 2.75) is 18.8 Å². The van der Waals surface area contributed by atoms with E-state index in [1.807, 2.05) is 6.07 Å². The van der Waals surface area contributed by atoms with Gasteiger partial charge in [0.25, 0.3) is 0 Å². The molecule has 4 rings (SSSR count). The Hall–Kier alpha value is -2.93. The van der Waals surface area contributed by atoms with Crippen LogP contribution in [0.5, 0.6) is 11.6 Å². The zero-order valence-corrected chi connectivity index (χ0v) is 13.5. The Labute approximate surface area is 144 Å². The number of hydrogen-bond donors (Lipinski definition) is 3. The third-order valence-corrected chi connectivity index (χ3v) is 4.53. The highest BCUT2D eigenvalue weighted by molar-refractivity contribution is 6.03. The number of H-pyrrole nitrogens is 1. The molecule has 1 aliphatic rings. The average molecular weight is 338 g/mol. The van der Waals surface area contributed by atoms with E-state index in [0.717, 1.165) is 37.1 Å². The Morgan fingerprint density at radius 3 is 2.84 bits per heavy atom. The summed E-state index contributed by atoms with van der Waals surface area (Å²) in [5.41, 5.74) is 1.96. The monoisotopic (exact) mass is 338 g/mol. The summed E-state index contributed by atoms with van der Waals surface area (Å²) in [6, 6.07) is 7.17. The number of aromatic amines is 1. The van der Waals surface area contributed by atoms with Crippen LogP contribution in [0.2, 0.25) is 0 Å². The summed E-state index contributed by atoms with van der Waals surface area (Å²) in [6.45, 7) is 1.99. The van der Waals surface area contributed by atoms with E-state index in [0.29, 0.717) is 22.9 Å². The van der Waals surface area contributed by atoms with Gasteiger partial charge in [0.2, 0.25) is 5.88 Å². The Balaban J connectivity index is 1.60. The van der Waals surface area contributed by atoms with Crippen LogP contribution in [0.25, 0.3) is 10.9 Å². The van der Waals surface area contributed by atoms with Crippen molar-refractivity contribution < 1.29 is 14.6 Å². The van der Waals surface area contributed by atoms with Crippen molar-refractivity contribution in [2.75, 3.05) is 13.1 Å². The number of carboxylic acid groups (broad SMARTS) is 1. The van der Waals surface area contributed by atoms with Crippen LogP contribution in [-0.2, 0) is 0 Å². The molecule has 25 heavy (non-hydrogen) atoms. The number of rotatable bonds is 4. The lowest BCUT2D eigenvalue weighted by Gasteiger charge is -2.22. The molecule has 3 heterocycles. The number of aromatic carboxylic acids is 1. The van der Waals surface area contributed by atoms with Crippen molar-refractivity contribution in [3.05, 3.63) is 48.0 Å². The molecule has 128 valence electrons. The quantitative estimate of drug-likeness (QED) is 0.676. The van der Waals surface area contributed by atoms with Gasteiger partial charge >= 0.3 is 5.97 Å². The van der Waals surface area contributed by atoms with Gasteiger partial charge < -0.3 is 20.1 Å². The summed E-state index contributed by atoms with van der Waals surface area (Å²) in [5, 5.41) is 13.2. The number of nitrogens with zero attached hydrogens (tertiary/aromatic N) is 2. The van der Waals surface area contributed by atoms with Crippen LogP contribution in [0, 0.1) is 0 Å². The summed E-state index contributed by atoms with van der Waals surface area (Å²) in [7, 11) is 0. The number of hydrogen-bond acceptors (Lipinski definition) is 5. The molecule has 1 aromatic carbocycles. The fourth-order valence-corrected chi connectivity index (χ4v) is 3.21. The van der Waals surface area contributed by atoms with Crippen LogP contribution in [0.15, 0.2) is 36.8 Å². The molecular weight excluding hydrogens is 320 g/mol. The Morgan fingerprint density at radius 1 is 1.20 bits per heavy atom. The molecule has 0 spiro atoms. The first-order valence-electron chi connectivity index (χ1n) is 8.25. The SMILES string of the molecule is O=C(O)c1c[nH]c2ccc(Oc3cc(C4CCNCC4)ncn3)cc12. The molecule has 0 aliphatic carbocycles. The molecule has 0 bridgehead atoms. The van der Waals surface area contributed by atoms with Crippen molar-refractivity contribution in [1.29, 1.82) is 0 Å². The molecule has 3 aromatic rings. The maximum Gasteiger partial charge on any atom is 0.337 e. The highest BCUT2D eigenvalue weighted by atomic mass is 16.5. The van der Waals surface area contributed by atoms with Crippen molar-refractivity contribution in [3.63, 3.8) is 0 Å². The second kappa shape index (κ2) is 6.52. The van der Waals surface area contributed by atoms with Gasteiger partial charge in [-0.05, 0) is 44.1 Å². The van der Waals surface area contributed by atoms with Crippen LogP contribution >= 0.6 is 0 Å². The van der Waals surface area contributed by atoms with Gasteiger partial charge in [-0.15, -0.1) is 0 Å². The lowest BCUT2D eigenvalue weighted by Crippen LogP contribution is -2.27. The fraction of sp³-hybridized carbons (Fsp3) is 0.278. The van der Waals surface area contributed by atoms with Gasteiger partial charge in [-0.25, -0.2) is 14.8 Å². The van der Waals surface area contributed by atoms with E-state index >= 15 is 0 Å². The minimum absolute atomic E-state index is 0.221. The van der Waals surface area contributed by atoms with Crippen molar-refractivity contribution in [1.82, 2.24) is 20.3 Å². The minimum atomic E-state index is -0.973. The van der Waals surface area contributed by atoms with E-state index in [2.05, 4.69) is 20.3 Å². The molecule has 7 heteroatoms. The van der Waals surface area contributed by atoms with Gasteiger partial charge in [0, 0.05) is 29.1 Å². The summed E-state index contributed by atoms with van der Waals surface area (Å²) < 4.78 is 5.85. The lowest BCUT2D eigenvalue weighted by molar-refractivity contribution is 0.0699. The molecule has 0 unspecified atom stereocenters. The maximum absolute atomic E-state index is 11.3. The van der Waals surface area contributed by atoms with Crippen LogP contribution in [0.1, 0.15) is 34.8 Å². The third kappa shape index (κ3) is 3.18. The molecular formula is C18H18N4O3. The van der Waals surface area contributed by atoms with E-state index in [9.17, 15) is 9.90 Å². The molecule has 0 radical (unpaired) electrons. The lowest BCUT2D eigenvalue weighted by atomic mass is 9.94. The van der Waals surface area contributed by atoms with Gasteiger partial charge in [-0.3, -0.25) is 0 Å². The summed E-state index contributed by atoms with van der Waals surface area (Å²) in [6.07, 6.45) is 5.10. The number of ether oxygens (including phenoxy) is 1. The molecule has 1 aliphatic heterocycles. The average Bonchev–Trinajstić information content (AvgIpc) is 3.06. The largest absolute Gasteiger partial charge is 0.478 e. The zero-order valence-electron chi connectivity index (χ0n) is 13.5. The van der Waals surface area contributed by atoms with Crippen molar-refractivity contribution in [3.8, 4) is 11.6 Å². The Kier molecular flexibility index (Phi) is 4.07. The van der Waals surface area contributed by atoms with Gasteiger partial charge in [-0.1, -0.05) is 0 Å². The molecule has 1 saturated heterocycles. The topological polar surface area (TPSA) is 100 Å². The molecule has 0 atom stereocenters. The van der Waals surface area contributed by atoms with Gasteiger partial charge in [0.05, 0.1) is 11.3 Å². The number of carboxylic acids is 1. The summed E-state index contributed by atoms with van der Waals surface area (Å²) in [5.74, 6) is 0.454. The highest BCUT2D eigenvalue weighted by Crippen LogP contribution is 2.29. The number of benzene rings is 1. The number of piperidine rings is 1. The van der Waals surface area contributed by atoms with Crippen molar-refractivity contribution in [2.24, 2.45) is 0 Å². The zero-order chi connectivity index (χ0) is 17.2. The predicted molar refractivity (Wildman–Crippen MR) is 92.2 cm³/mol. The fourth-order valence-electron chi connectivity index (χ4n) is 3.21. The standard InChI is InChI=1S/C18H18N4O3/c23-18(24)14-9-20-15-2-1-12(7-13(14)15)25-17-8-16(21-10-22-17)11-3-5-19-6-4-11/h1-2,7-11,19-20H,3-6H2,(H,23,24). The van der Waals surface area contributed by atoms with Gasteiger partial charge in [-0.2, -0.15) is 0 Å². The van der Waals surface area contributed by atoms with E-state index < -0.39 is 5.97 Å². The number of fused-ring (bicyclic) bond motifs is 1. The first-order chi connectivity index (χ1) is 12.2. The van der Waals surface area contributed by atoms with Crippen LogP contribution < -0.4 is 10.1 Å². The maximum atomic E-state index is 11.3. The van der Waals surface area contributed by atoms with E-state index in [1.54, 1.807) is 18.2 Å². The third-order valence-electron chi connectivity index (χ3n) is 4.53. The number of nitrogens with one attached hydrogen (secondary N) is 2. The summed E-state index contributed by atoms with van der Waals surface area (Å²) >= 11 is 0. The van der Waals surface area contributed by atoms with E-state index in [4.69, 9.17) is 4.74 Å². The predicted octanol–water partition coefficient (Wildman–Crippen LogP) is 2.92. The molecule has 3 N–H and O–H groups in total. The highest BCUT2D eigenvalue weighted by Gasteiger charge is 2.17. The minimum Gasteiger partial charge on any atom is -0.478 e. The van der Waals surface area contributed by atoms with E-state index in [-0.39, 0.29) is 5.56 Å². The first kappa shape index (κ1) is 15.6. The second-order valence-corrected chi connectivity index (χ2v) is 6.12. The normalized spacial score (nSPS) is 15.4. The molecule has 0 amide bonds. The summed E-state index contributed by atoms with van der Waals surface area (Å²) in [4.78, 5) is 22.8. The number of aromatic nitrogens is 3. The van der Waals surface area contributed by atoms with Gasteiger partial charge in [0.1, 0.15) is 12.1 Å². The van der Waals surface area contributed by atoms with Crippen LogP contribution in [0.3, 0.4) is 0 Å². The van der Waals surface area contributed by atoms with Gasteiger partial charge in [0.15, 0.2) is 0 Å². The molecule has 2 aromatic heterocycles. The second-order valence-electron chi connectivity index (χ2n) is 6.12. The smallest absolute Gasteiger partial charge is 0.337 e.